The molecule has 0 aliphatic heterocycles. The first kappa shape index (κ1) is 12.4. The first-order valence-electron chi connectivity index (χ1n) is 4.65. The van der Waals surface area contributed by atoms with Crippen molar-refractivity contribution in [1.29, 1.82) is 0 Å². The van der Waals surface area contributed by atoms with Crippen molar-refractivity contribution in [1.82, 2.24) is 16.0 Å². The Balaban J connectivity index is 3.45. The Kier molecular flexibility index (Phi) is 7.59. The monoisotopic (exact) mass is 183 g/mol. The van der Waals surface area contributed by atoms with Gasteiger partial charge in [-0.1, -0.05) is 12.2 Å². The Labute approximate surface area is 81.3 Å². The Bertz CT molecular complexity index is 129. The largest absolute Gasteiger partial charge is 0.299 e. The third kappa shape index (κ3) is 7.71. The molecular formula is C10H21N3. The van der Waals surface area contributed by atoms with Gasteiger partial charge in [-0.3, -0.25) is 16.0 Å². The molecule has 0 spiro atoms. The molecule has 76 valence electrons. The van der Waals surface area contributed by atoms with Crippen LogP contribution in [0.5, 0.6) is 0 Å². The van der Waals surface area contributed by atoms with Gasteiger partial charge < -0.3 is 0 Å². The van der Waals surface area contributed by atoms with Crippen molar-refractivity contribution >= 4 is 0 Å². The van der Waals surface area contributed by atoms with Crippen LogP contribution in [0.1, 0.15) is 13.8 Å². The summed E-state index contributed by atoms with van der Waals surface area (Å²) >= 11 is 0. The average Bonchev–Trinajstić information content (AvgIpc) is 2.11. The molecule has 3 nitrogen and oxygen atoms in total. The van der Waals surface area contributed by atoms with E-state index in [4.69, 9.17) is 0 Å². The van der Waals surface area contributed by atoms with Gasteiger partial charge in [0.05, 0.1) is 12.3 Å². The Hall–Kier alpha value is -0.640. The van der Waals surface area contributed by atoms with Gasteiger partial charge in [0.2, 0.25) is 0 Å². The lowest BCUT2D eigenvalue weighted by Gasteiger charge is -2.21. The van der Waals surface area contributed by atoms with E-state index in [1.54, 1.807) is 0 Å². The number of hydrogen-bond donors (Lipinski definition) is 3. The van der Waals surface area contributed by atoms with Crippen molar-refractivity contribution in [3.05, 3.63) is 25.3 Å². The fourth-order valence-corrected chi connectivity index (χ4v) is 1.01. The van der Waals surface area contributed by atoms with E-state index in [0.717, 1.165) is 13.1 Å². The maximum absolute atomic E-state index is 3.64. The van der Waals surface area contributed by atoms with Crippen molar-refractivity contribution in [2.75, 3.05) is 13.1 Å². The molecule has 0 rings (SSSR count). The summed E-state index contributed by atoms with van der Waals surface area (Å²) in [5.41, 5.74) is 0. The zero-order valence-corrected chi connectivity index (χ0v) is 8.64. The molecule has 0 aliphatic rings. The predicted molar refractivity (Wildman–Crippen MR) is 58.5 cm³/mol. The first-order chi connectivity index (χ1) is 6.20. The van der Waals surface area contributed by atoms with Gasteiger partial charge in [-0.25, -0.2) is 0 Å². The van der Waals surface area contributed by atoms with Crippen LogP contribution in [0.15, 0.2) is 25.3 Å². The lowest BCUT2D eigenvalue weighted by molar-refractivity contribution is 0.380. The summed E-state index contributed by atoms with van der Waals surface area (Å²) in [6.07, 6.45) is 4.26. The van der Waals surface area contributed by atoms with Crippen molar-refractivity contribution in [2.45, 2.75) is 26.2 Å². The van der Waals surface area contributed by atoms with Crippen LogP contribution < -0.4 is 16.0 Å². The van der Waals surface area contributed by atoms with Gasteiger partial charge in [-0.2, -0.15) is 0 Å². The lowest BCUT2D eigenvalue weighted by atomic mass is 10.4. The SMILES string of the molecule is C=CCNC(C)NC(C)NCC=C. The van der Waals surface area contributed by atoms with E-state index in [1.165, 1.54) is 0 Å². The minimum atomic E-state index is 0.283. The summed E-state index contributed by atoms with van der Waals surface area (Å²) in [6, 6.07) is 0. The molecule has 2 atom stereocenters. The van der Waals surface area contributed by atoms with E-state index in [0.29, 0.717) is 0 Å². The molecule has 0 amide bonds. The smallest absolute Gasteiger partial charge is 0.0556 e. The van der Waals surface area contributed by atoms with Crippen molar-refractivity contribution in [3.8, 4) is 0 Å². The molecule has 2 unspecified atom stereocenters. The maximum atomic E-state index is 3.64. The van der Waals surface area contributed by atoms with Gasteiger partial charge in [0.15, 0.2) is 0 Å². The van der Waals surface area contributed by atoms with Crippen LogP contribution in [0.25, 0.3) is 0 Å². The molecule has 0 bridgehead atoms. The van der Waals surface area contributed by atoms with Crippen molar-refractivity contribution in [2.24, 2.45) is 0 Å². The van der Waals surface area contributed by atoms with Crippen molar-refractivity contribution < 1.29 is 0 Å². The molecule has 0 aromatic heterocycles. The Morgan fingerprint density at radius 3 is 1.69 bits per heavy atom. The van der Waals surface area contributed by atoms with Gasteiger partial charge in [-0.05, 0) is 13.8 Å². The van der Waals surface area contributed by atoms with Gasteiger partial charge in [-0.15, -0.1) is 13.2 Å². The van der Waals surface area contributed by atoms with Crippen LogP contribution in [-0.2, 0) is 0 Å². The highest BCUT2D eigenvalue weighted by Gasteiger charge is 2.03. The molecule has 0 aliphatic carbocycles. The highest BCUT2D eigenvalue weighted by Crippen LogP contribution is 1.80. The highest BCUT2D eigenvalue weighted by atomic mass is 15.2. The van der Waals surface area contributed by atoms with E-state index in [-0.39, 0.29) is 12.3 Å². The summed E-state index contributed by atoms with van der Waals surface area (Å²) in [4.78, 5) is 0. The zero-order valence-electron chi connectivity index (χ0n) is 8.64. The molecule has 3 heteroatoms. The van der Waals surface area contributed by atoms with Gasteiger partial charge in [0, 0.05) is 13.1 Å². The maximum Gasteiger partial charge on any atom is 0.0556 e. The molecule has 0 saturated carbocycles. The molecule has 0 heterocycles. The fourth-order valence-electron chi connectivity index (χ4n) is 1.01. The summed E-state index contributed by atoms with van der Waals surface area (Å²) in [7, 11) is 0. The second-order valence-electron chi connectivity index (χ2n) is 3.00. The predicted octanol–water partition coefficient (Wildman–Crippen LogP) is 0.819. The van der Waals surface area contributed by atoms with E-state index in [1.807, 2.05) is 12.2 Å². The first-order valence-corrected chi connectivity index (χ1v) is 4.65. The van der Waals surface area contributed by atoms with Crippen LogP contribution in [0.2, 0.25) is 0 Å². The normalized spacial score (nSPS) is 14.9. The number of hydrogen-bond acceptors (Lipinski definition) is 3. The third-order valence-electron chi connectivity index (χ3n) is 1.64. The van der Waals surface area contributed by atoms with Crippen molar-refractivity contribution in [3.63, 3.8) is 0 Å². The van der Waals surface area contributed by atoms with Crippen LogP contribution in [0.4, 0.5) is 0 Å². The number of rotatable bonds is 8. The van der Waals surface area contributed by atoms with Gasteiger partial charge >= 0.3 is 0 Å². The average molecular weight is 183 g/mol. The molecule has 0 aromatic rings. The fraction of sp³-hybridized carbons (Fsp3) is 0.600. The topological polar surface area (TPSA) is 36.1 Å². The van der Waals surface area contributed by atoms with E-state index in [9.17, 15) is 0 Å². The Morgan fingerprint density at radius 1 is 1.00 bits per heavy atom. The Morgan fingerprint density at radius 2 is 1.38 bits per heavy atom. The quantitative estimate of drug-likeness (QED) is 0.385. The molecule has 0 saturated heterocycles. The third-order valence-corrected chi connectivity index (χ3v) is 1.64. The molecule has 13 heavy (non-hydrogen) atoms. The van der Waals surface area contributed by atoms with Crippen LogP contribution >= 0.6 is 0 Å². The van der Waals surface area contributed by atoms with Crippen LogP contribution in [0.3, 0.4) is 0 Å². The minimum absolute atomic E-state index is 0.283. The zero-order chi connectivity index (χ0) is 10.1. The van der Waals surface area contributed by atoms with E-state index >= 15 is 0 Å². The molecule has 0 aromatic carbocycles. The minimum Gasteiger partial charge on any atom is -0.299 e. The summed E-state index contributed by atoms with van der Waals surface area (Å²) in [6.45, 7) is 13.1. The molecule has 3 N–H and O–H groups in total. The molecule has 0 radical (unpaired) electrons. The van der Waals surface area contributed by atoms with Gasteiger partial charge in [0.1, 0.15) is 0 Å². The van der Waals surface area contributed by atoms with E-state index in [2.05, 4.69) is 43.0 Å². The second kappa shape index (κ2) is 7.98. The molecule has 0 fully saturated rings. The second-order valence-corrected chi connectivity index (χ2v) is 3.00. The summed E-state index contributed by atoms with van der Waals surface area (Å²) in [5.74, 6) is 0. The van der Waals surface area contributed by atoms with Gasteiger partial charge in [0.25, 0.3) is 0 Å². The standard InChI is InChI=1S/C10H21N3/c1-5-7-11-9(3)13-10(4)12-8-6-2/h5-6,9-13H,1-2,7-8H2,3-4H3. The van der Waals surface area contributed by atoms with Crippen LogP contribution in [-0.4, -0.2) is 25.4 Å². The molecular weight excluding hydrogens is 162 g/mol. The highest BCUT2D eigenvalue weighted by molar-refractivity contribution is 4.75. The lowest BCUT2D eigenvalue weighted by Crippen LogP contribution is -2.50. The van der Waals surface area contributed by atoms with E-state index < -0.39 is 0 Å². The summed E-state index contributed by atoms with van der Waals surface area (Å²) < 4.78 is 0. The summed E-state index contributed by atoms with van der Waals surface area (Å²) in [5, 5.41) is 9.82. The number of nitrogens with one attached hydrogen (secondary N) is 3. The van der Waals surface area contributed by atoms with Crippen LogP contribution in [0, 0.1) is 0 Å².